The van der Waals surface area contributed by atoms with Gasteiger partial charge in [-0.15, -0.1) is 24.0 Å². The van der Waals surface area contributed by atoms with Crippen molar-refractivity contribution in [2.24, 2.45) is 46.0 Å². The summed E-state index contributed by atoms with van der Waals surface area (Å²) in [5, 5.41) is 0.736. The molecule has 4 aliphatic rings. The fourth-order valence-corrected chi connectivity index (χ4v) is 7.80. The van der Waals surface area contributed by atoms with Gasteiger partial charge in [0.1, 0.15) is 0 Å². The average molecular weight is 694 g/mol. The lowest BCUT2D eigenvalue weighted by Gasteiger charge is -2.39. The van der Waals surface area contributed by atoms with Crippen LogP contribution < -0.4 is 21.3 Å². The highest BCUT2D eigenvalue weighted by Gasteiger charge is 2.43. The Morgan fingerprint density at radius 1 is 0.875 bits per heavy atom. The van der Waals surface area contributed by atoms with Crippen molar-refractivity contribution in [3.63, 3.8) is 0 Å². The van der Waals surface area contributed by atoms with E-state index < -0.39 is 0 Å². The van der Waals surface area contributed by atoms with Crippen molar-refractivity contribution in [3.05, 3.63) is 48.0 Å². The molecule has 2 unspecified atom stereocenters. The maximum atomic E-state index is 5.91. The highest BCUT2D eigenvalue weighted by molar-refractivity contribution is 14.0. The van der Waals surface area contributed by atoms with Crippen LogP contribution in [0.15, 0.2) is 41.7 Å². The normalized spacial score (nSPS) is 28.9. The molecule has 4 N–H and O–H groups in total. The minimum absolute atomic E-state index is 0. The average Bonchev–Trinajstić information content (AvgIpc) is 3.27. The third-order valence-electron chi connectivity index (χ3n) is 9.23. The fraction of sp³-hybridized carbons (Fsp3) is 0.600. The summed E-state index contributed by atoms with van der Waals surface area (Å²) in [6.45, 7) is 8.58. The van der Waals surface area contributed by atoms with Crippen molar-refractivity contribution in [3.8, 4) is 0 Å². The number of aryl methyl sites for hydroxylation is 2. The van der Waals surface area contributed by atoms with Gasteiger partial charge in [0.25, 0.3) is 0 Å². The summed E-state index contributed by atoms with van der Waals surface area (Å²) in [7, 11) is 0. The van der Waals surface area contributed by atoms with E-state index in [1.165, 1.54) is 37.1 Å². The molecular formula is C30H44IN7S2. The van der Waals surface area contributed by atoms with Crippen molar-refractivity contribution in [1.29, 1.82) is 0 Å². The van der Waals surface area contributed by atoms with Gasteiger partial charge in [-0.1, -0.05) is 24.0 Å². The molecule has 0 spiro atoms. The summed E-state index contributed by atoms with van der Waals surface area (Å²) < 4.78 is 0. The fourth-order valence-electron chi connectivity index (χ4n) is 7.38. The van der Waals surface area contributed by atoms with Crippen molar-refractivity contribution in [2.75, 3.05) is 42.2 Å². The molecule has 0 radical (unpaired) electrons. The molecular weight excluding hydrogens is 649 g/mol. The van der Waals surface area contributed by atoms with E-state index >= 15 is 0 Å². The highest BCUT2D eigenvalue weighted by Crippen LogP contribution is 2.45. The summed E-state index contributed by atoms with van der Waals surface area (Å²) in [6, 6.07) is 9.04. The number of fused-ring (bicyclic) bond motifs is 4. The first-order chi connectivity index (χ1) is 18.8. The Morgan fingerprint density at radius 3 is 1.75 bits per heavy atom. The molecule has 0 aromatic carbocycles. The summed E-state index contributed by atoms with van der Waals surface area (Å²) in [6.07, 6.45) is 12.0. The number of piperidine rings is 2. The minimum atomic E-state index is 0. The van der Waals surface area contributed by atoms with Crippen molar-refractivity contribution in [1.82, 2.24) is 9.97 Å². The van der Waals surface area contributed by atoms with E-state index in [9.17, 15) is 0 Å². The summed E-state index contributed by atoms with van der Waals surface area (Å²) in [5.74, 6) is 3.53. The number of amidine groups is 1. The van der Waals surface area contributed by atoms with Crippen LogP contribution in [-0.4, -0.2) is 58.6 Å². The van der Waals surface area contributed by atoms with Crippen LogP contribution in [0.2, 0.25) is 0 Å². The Kier molecular flexibility index (Phi) is 11.0. The number of nitrogens with two attached hydrogens (primary N) is 2. The molecule has 6 rings (SSSR count). The first-order valence-electron chi connectivity index (χ1n) is 14.3. The molecule has 4 fully saturated rings. The third-order valence-corrected chi connectivity index (χ3v) is 9.92. The standard InChI is InChI=1S/C15H22N4S.C15H21N3S.HI/c1-10-7-13(5-6-17-10)19-8-11-3-4-12(9-19)14(11)18-15(16)20-2;1-10-6-13(4-5-17-10)18-8-11-2-3-12(9-18)14(11)7-15(16)19;/h5-7,11-12,14H,3-4,8-9H2,1-2H3,(H2,16,18);4-6,11-12,14H,2-3,7-9H2,1H3,(H2,16,19);1H/t2*11-,12+,14?;. The van der Waals surface area contributed by atoms with Gasteiger partial charge in [0, 0.05) is 67.8 Å². The second kappa shape index (κ2) is 14.0. The SMILES string of the molecule is CSC(N)=NC1[C@@H]2CC[C@H]1CN(c1ccnc(C)c1)C2.Cc1cc(N2C[C@H]3CC[C@@H](C2)C3CC(N)=S)ccn1.I. The van der Waals surface area contributed by atoms with Gasteiger partial charge >= 0.3 is 0 Å². The Hall–Kier alpha value is -1.66. The lowest BCUT2D eigenvalue weighted by Crippen LogP contribution is -2.44. The van der Waals surface area contributed by atoms with Crippen molar-refractivity contribution >= 4 is 69.5 Å². The van der Waals surface area contributed by atoms with Crippen LogP contribution in [0.3, 0.4) is 0 Å². The molecule has 218 valence electrons. The van der Waals surface area contributed by atoms with Crippen LogP contribution in [0.5, 0.6) is 0 Å². The smallest absolute Gasteiger partial charge is 0.153 e. The molecule has 6 atom stereocenters. The van der Waals surface area contributed by atoms with Crippen LogP contribution >= 0.6 is 48.0 Å². The lowest BCUT2D eigenvalue weighted by atomic mass is 9.82. The first kappa shape index (κ1) is 31.3. The number of aromatic nitrogens is 2. The maximum Gasteiger partial charge on any atom is 0.153 e. The van der Waals surface area contributed by atoms with Gasteiger partial charge in [0.2, 0.25) is 0 Å². The van der Waals surface area contributed by atoms with Gasteiger partial charge in [-0.2, -0.15) is 0 Å². The monoisotopic (exact) mass is 693 g/mol. The Morgan fingerprint density at radius 2 is 1.32 bits per heavy atom. The van der Waals surface area contributed by atoms with E-state index in [1.54, 1.807) is 11.8 Å². The van der Waals surface area contributed by atoms with Gasteiger partial charge in [0.15, 0.2) is 5.17 Å². The second-order valence-electron chi connectivity index (χ2n) is 11.8. The van der Waals surface area contributed by atoms with Gasteiger partial charge in [-0.05, 0) is 99.6 Å². The summed E-state index contributed by atoms with van der Waals surface area (Å²) in [5.41, 5.74) is 16.5. The molecule has 4 bridgehead atoms. The predicted molar refractivity (Wildman–Crippen MR) is 184 cm³/mol. The molecule has 40 heavy (non-hydrogen) atoms. The van der Waals surface area contributed by atoms with Crippen LogP contribution in [0, 0.1) is 43.4 Å². The van der Waals surface area contributed by atoms with Gasteiger partial charge in [-0.3, -0.25) is 15.0 Å². The number of nitrogens with zero attached hydrogens (tertiary/aromatic N) is 5. The second-order valence-corrected chi connectivity index (χ2v) is 13.2. The number of hydrogen-bond donors (Lipinski definition) is 2. The van der Waals surface area contributed by atoms with E-state index in [0.29, 0.717) is 22.9 Å². The molecule has 10 heteroatoms. The van der Waals surface area contributed by atoms with Crippen LogP contribution in [0.25, 0.3) is 0 Å². The number of anilines is 2. The number of thiocarbonyl (C=S) groups is 1. The van der Waals surface area contributed by atoms with Crippen LogP contribution in [-0.2, 0) is 0 Å². The van der Waals surface area contributed by atoms with Crippen molar-refractivity contribution in [2.45, 2.75) is 52.0 Å². The zero-order valence-electron chi connectivity index (χ0n) is 23.9. The first-order valence-corrected chi connectivity index (χ1v) is 15.9. The minimum Gasteiger partial charge on any atom is -0.393 e. The summed E-state index contributed by atoms with van der Waals surface area (Å²) >= 11 is 6.66. The predicted octanol–water partition coefficient (Wildman–Crippen LogP) is 5.43. The number of pyridine rings is 2. The molecule has 2 saturated heterocycles. The van der Waals surface area contributed by atoms with E-state index in [4.69, 9.17) is 28.7 Å². The molecule has 4 heterocycles. The number of rotatable bonds is 5. The molecule has 7 nitrogen and oxygen atoms in total. The molecule has 2 aromatic heterocycles. The zero-order valence-corrected chi connectivity index (χ0v) is 27.9. The molecule has 2 aliphatic carbocycles. The Bertz CT molecular complexity index is 1170. The van der Waals surface area contributed by atoms with Crippen molar-refractivity contribution < 1.29 is 0 Å². The van der Waals surface area contributed by atoms with Gasteiger partial charge < -0.3 is 21.3 Å². The quantitative estimate of drug-likeness (QED) is 0.186. The zero-order chi connectivity index (χ0) is 27.5. The van der Waals surface area contributed by atoms with E-state index in [-0.39, 0.29) is 24.0 Å². The largest absolute Gasteiger partial charge is 0.393 e. The van der Waals surface area contributed by atoms with E-state index in [0.717, 1.165) is 66.9 Å². The lowest BCUT2D eigenvalue weighted by molar-refractivity contribution is 0.280. The topological polar surface area (TPSA) is 96.7 Å². The van der Waals surface area contributed by atoms with E-state index in [2.05, 4.69) is 51.0 Å². The number of thioether (sulfide) groups is 1. The number of hydrogen-bond acceptors (Lipinski definition) is 7. The molecule has 0 amide bonds. The molecule has 2 saturated carbocycles. The Labute approximate surface area is 266 Å². The molecule has 2 aromatic rings. The van der Waals surface area contributed by atoms with E-state index in [1.807, 2.05) is 25.6 Å². The maximum absolute atomic E-state index is 5.91. The van der Waals surface area contributed by atoms with Gasteiger partial charge in [-0.25, -0.2) is 0 Å². The highest BCUT2D eigenvalue weighted by atomic mass is 127. The molecule has 2 aliphatic heterocycles. The van der Waals surface area contributed by atoms with Gasteiger partial charge in [0.05, 0.1) is 11.0 Å². The number of halogens is 1. The third kappa shape index (κ3) is 7.40. The van der Waals surface area contributed by atoms with Crippen LogP contribution in [0.4, 0.5) is 11.4 Å². The Balaban J connectivity index is 0.000000181. The van der Waals surface area contributed by atoms with Crippen LogP contribution in [0.1, 0.15) is 43.5 Å². The summed E-state index contributed by atoms with van der Waals surface area (Å²) in [4.78, 5) is 19.0. The number of aliphatic imine (C=N–C) groups is 1.